The van der Waals surface area contributed by atoms with E-state index < -0.39 is 0 Å². The third kappa shape index (κ3) is 3.97. The fraction of sp³-hybridized carbons (Fsp3) is 0.0455. The number of amides is 1. The van der Waals surface area contributed by atoms with Crippen LogP contribution in [0.2, 0.25) is 0 Å². The van der Waals surface area contributed by atoms with Crippen LogP contribution in [0.5, 0.6) is 5.75 Å². The monoisotopic (exact) mass is 387 g/mol. The molecule has 6 heteroatoms. The number of carbonyl (C=O) groups excluding carboxylic acids is 1. The van der Waals surface area contributed by atoms with Crippen molar-refractivity contribution in [2.45, 2.75) is 5.03 Å². The minimum atomic E-state index is -0.240. The van der Waals surface area contributed by atoms with E-state index in [0.29, 0.717) is 5.56 Å². The first kappa shape index (κ1) is 18.0. The van der Waals surface area contributed by atoms with Crippen LogP contribution in [-0.2, 0) is 4.79 Å². The summed E-state index contributed by atoms with van der Waals surface area (Å²) in [5, 5.41) is 17.8. The van der Waals surface area contributed by atoms with Crippen LogP contribution in [0, 0.1) is 0 Å². The zero-order chi connectivity index (χ0) is 19.3. The molecule has 0 aliphatic carbocycles. The number of nitrogens with one attached hydrogen (secondary N) is 1. The molecule has 1 heterocycles. The number of hydrogen-bond acceptors (Lipinski definition) is 5. The van der Waals surface area contributed by atoms with Crippen LogP contribution in [0.4, 0.5) is 0 Å². The summed E-state index contributed by atoms with van der Waals surface area (Å²) in [6, 6.07) is 22.9. The molecular formula is C22H17N3O2S. The van der Waals surface area contributed by atoms with Crippen molar-refractivity contribution < 1.29 is 9.90 Å². The van der Waals surface area contributed by atoms with Gasteiger partial charge in [0.05, 0.1) is 22.5 Å². The van der Waals surface area contributed by atoms with Gasteiger partial charge >= 0.3 is 0 Å². The number of hydrazone groups is 1. The lowest BCUT2D eigenvalue weighted by atomic mass is 10.0. The number of phenolic OH excluding ortho intramolecular Hbond substituents is 1. The number of para-hydroxylation sites is 1. The highest BCUT2D eigenvalue weighted by molar-refractivity contribution is 7.99. The van der Waals surface area contributed by atoms with E-state index in [1.165, 1.54) is 18.0 Å². The Balaban J connectivity index is 1.40. The van der Waals surface area contributed by atoms with Gasteiger partial charge in [-0.15, -0.1) is 0 Å². The van der Waals surface area contributed by atoms with Gasteiger partial charge in [-0.25, -0.2) is 10.4 Å². The third-order valence-corrected chi connectivity index (χ3v) is 5.18. The highest BCUT2D eigenvalue weighted by Gasteiger charge is 2.06. The SMILES string of the molecule is O=C(CSc1ccc2ccccc2n1)NN=Cc1c(O)ccc2ccccc12. The maximum Gasteiger partial charge on any atom is 0.250 e. The average molecular weight is 387 g/mol. The topological polar surface area (TPSA) is 74.6 Å². The van der Waals surface area contributed by atoms with Gasteiger partial charge in [0.15, 0.2) is 0 Å². The summed E-state index contributed by atoms with van der Waals surface area (Å²) in [5.41, 5.74) is 3.97. The molecule has 0 radical (unpaired) electrons. The van der Waals surface area contributed by atoms with E-state index >= 15 is 0 Å². The van der Waals surface area contributed by atoms with Crippen molar-refractivity contribution in [1.82, 2.24) is 10.4 Å². The molecule has 0 saturated heterocycles. The predicted molar refractivity (Wildman–Crippen MR) is 114 cm³/mol. The standard InChI is InChI=1S/C22H17N3O2S/c26-20-11-9-15-5-1-3-7-17(15)18(20)13-23-25-21(27)14-28-22-12-10-16-6-2-4-8-19(16)24-22/h1-13,26H,14H2,(H,25,27). The fourth-order valence-electron chi connectivity index (χ4n) is 2.89. The van der Waals surface area contributed by atoms with Gasteiger partial charge in [0, 0.05) is 10.9 Å². The lowest BCUT2D eigenvalue weighted by Crippen LogP contribution is -2.19. The summed E-state index contributed by atoms with van der Waals surface area (Å²) in [6.07, 6.45) is 1.47. The molecule has 0 unspecified atom stereocenters. The largest absolute Gasteiger partial charge is 0.507 e. The molecule has 2 N–H and O–H groups in total. The van der Waals surface area contributed by atoms with Crippen LogP contribution in [-0.4, -0.2) is 28.0 Å². The Morgan fingerprint density at radius 3 is 2.64 bits per heavy atom. The first-order chi connectivity index (χ1) is 13.7. The molecular weight excluding hydrogens is 370 g/mol. The van der Waals surface area contributed by atoms with Crippen molar-refractivity contribution in [2.75, 3.05) is 5.75 Å². The van der Waals surface area contributed by atoms with Gasteiger partial charge < -0.3 is 5.11 Å². The van der Waals surface area contributed by atoms with Crippen molar-refractivity contribution in [3.05, 3.63) is 78.4 Å². The second-order valence-corrected chi connectivity index (χ2v) is 7.14. The van der Waals surface area contributed by atoms with E-state index in [1.807, 2.05) is 66.7 Å². The minimum Gasteiger partial charge on any atom is -0.507 e. The van der Waals surface area contributed by atoms with Crippen LogP contribution in [0.25, 0.3) is 21.7 Å². The number of phenols is 1. The van der Waals surface area contributed by atoms with Crippen LogP contribution < -0.4 is 5.43 Å². The molecule has 0 spiro atoms. The smallest absolute Gasteiger partial charge is 0.250 e. The highest BCUT2D eigenvalue weighted by atomic mass is 32.2. The van der Waals surface area contributed by atoms with Gasteiger partial charge in [-0.1, -0.05) is 66.4 Å². The molecule has 1 aromatic heterocycles. The summed E-state index contributed by atoms with van der Waals surface area (Å²) in [6.45, 7) is 0. The summed E-state index contributed by atoms with van der Waals surface area (Å²) in [7, 11) is 0. The summed E-state index contributed by atoms with van der Waals surface area (Å²) >= 11 is 1.35. The van der Waals surface area contributed by atoms with E-state index in [9.17, 15) is 9.90 Å². The molecule has 0 atom stereocenters. The second kappa shape index (κ2) is 8.10. The number of aromatic hydroxyl groups is 1. The number of pyridine rings is 1. The first-order valence-corrected chi connectivity index (χ1v) is 9.70. The zero-order valence-corrected chi connectivity index (χ0v) is 15.7. The molecule has 1 amide bonds. The predicted octanol–water partition coefficient (Wildman–Crippen LogP) is 4.34. The second-order valence-electron chi connectivity index (χ2n) is 6.14. The normalized spacial score (nSPS) is 11.3. The molecule has 0 aliphatic rings. The maximum atomic E-state index is 12.1. The van der Waals surface area contributed by atoms with Crippen LogP contribution in [0.1, 0.15) is 5.56 Å². The Morgan fingerprint density at radius 2 is 1.75 bits per heavy atom. The third-order valence-electron chi connectivity index (χ3n) is 4.25. The number of aromatic nitrogens is 1. The molecule has 28 heavy (non-hydrogen) atoms. The Bertz CT molecular complexity index is 1190. The number of carbonyl (C=O) groups is 1. The number of fused-ring (bicyclic) bond motifs is 2. The summed E-state index contributed by atoms with van der Waals surface area (Å²) in [5.74, 6) is 0.0758. The number of benzene rings is 3. The van der Waals surface area contributed by atoms with Gasteiger partial charge in [0.1, 0.15) is 5.75 Å². The Labute approximate surface area is 166 Å². The molecule has 138 valence electrons. The fourth-order valence-corrected chi connectivity index (χ4v) is 3.56. The molecule has 4 rings (SSSR count). The number of nitrogens with zero attached hydrogens (tertiary/aromatic N) is 2. The van der Waals surface area contributed by atoms with Gasteiger partial charge in [0.2, 0.25) is 5.91 Å². The number of hydrogen-bond donors (Lipinski definition) is 2. The lowest BCUT2D eigenvalue weighted by molar-refractivity contribution is -0.118. The van der Waals surface area contributed by atoms with Crippen LogP contribution in [0.3, 0.4) is 0 Å². The molecule has 0 aliphatic heterocycles. The van der Waals surface area contributed by atoms with E-state index in [-0.39, 0.29) is 17.4 Å². The average Bonchev–Trinajstić information content (AvgIpc) is 2.73. The first-order valence-electron chi connectivity index (χ1n) is 8.72. The summed E-state index contributed by atoms with van der Waals surface area (Å²) < 4.78 is 0. The van der Waals surface area contributed by atoms with Crippen molar-refractivity contribution >= 4 is 45.6 Å². The van der Waals surface area contributed by atoms with Crippen LogP contribution in [0.15, 0.2) is 82.9 Å². The molecule has 3 aromatic carbocycles. The van der Waals surface area contributed by atoms with E-state index in [4.69, 9.17) is 0 Å². The van der Waals surface area contributed by atoms with Crippen LogP contribution >= 0.6 is 11.8 Å². The van der Waals surface area contributed by atoms with E-state index in [2.05, 4.69) is 15.5 Å². The lowest BCUT2D eigenvalue weighted by Gasteiger charge is -2.05. The molecule has 4 aromatic rings. The van der Waals surface area contributed by atoms with Crippen molar-refractivity contribution in [3.63, 3.8) is 0 Å². The maximum absolute atomic E-state index is 12.1. The Morgan fingerprint density at radius 1 is 1.00 bits per heavy atom. The number of rotatable bonds is 5. The Kier molecular flexibility index (Phi) is 5.21. The zero-order valence-electron chi connectivity index (χ0n) is 14.9. The number of thioether (sulfide) groups is 1. The highest BCUT2D eigenvalue weighted by Crippen LogP contribution is 2.25. The van der Waals surface area contributed by atoms with Gasteiger partial charge in [-0.2, -0.15) is 5.10 Å². The molecule has 5 nitrogen and oxygen atoms in total. The van der Waals surface area contributed by atoms with E-state index in [1.54, 1.807) is 6.07 Å². The minimum absolute atomic E-state index is 0.117. The van der Waals surface area contributed by atoms with Gasteiger partial charge in [-0.05, 0) is 29.0 Å². The van der Waals surface area contributed by atoms with Gasteiger partial charge in [0.25, 0.3) is 0 Å². The summed E-state index contributed by atoms with van der Waals surface area (Å²) in [4.78, 5) is 16.6. The van der Waals surface area contributed by atoms with Gasteiger partial charge in [-0.3, -0.25) is 4.79 Å². The Hall–Kier alpha value is -3.38. The van der Waals surface area contributed by atoms with Crippen molar-refractivity contribution in [2.24, 2.45) is 5.10 Å². The molecule has 0 bridgehead atoms. The molecule has 0 fully saturated rings. The van der Waals surface area contributed by atoms with Crippen molar-refractivity contribution in [1.29, 1.82) is 0 Å². The molecule has 0 saturated carbocycles. The quantitative estimate of drug-likeness (QED) is 0.304. The van der Waals surface area contributed by atoms with E-state index in [0.717, 1.165) is 26.7 Å². The van der Waals surface area contributed by atoms with Crippen molar-refractivity contribution in [3.8, 4) is 5.75 Å².